The van der Waals surface area contributed by atoms with Gasteiger partial charge < -0.3 is 15.1 Å². The fourth-order valence-corrected chi connectivity index (χ4v) is 4.26. The topological polar surface area (TPSA) is 98.2 Å². The molecule has 2 N–H and O–H groups in total. The zero-order chi connectivity index (χ0) is 24.3. The molecule has 2 atom stereocenters. The van der Waals surface area contributed by atoms with E-state index in [9.17, 15) is 14.4 Å². The van der Waals surface area contributed by atoms with Crippen molar-refractivity contribution in [2.45, 2.75) is 58.0 Å². The fraction of sp³-hybridized carbons (Fsp3) is 0.522. The van der Waals surface area contributed by atoms with E-state index >= 15 is 0 Å². The van der Waals surface area contributed by atoms with Crippen LogP contribution in [0.5, 0.6) is 0 Å². The summed E-state index contributed by atoms with van der Waals surface area (Å²) in [5.41, 5.74) is 0.913. The first-order chi connectivity index (χ1) is 15.1. The van der Waals surface area contributed by atoms with Crippen molar-refractivity contribution in [1.82, 2.24) is 9.80 Å². The number of nitrogens with zero attached hydrogens (tertiary/aromatic N) is 2. The second-order valence-corrected chi connectivity index (χ2v) is 8.39. The quantitative estimate of drug-likeness (QED) is 0.529. The highest BCUT2D eigenvalue weighted by Crippen LogP contribution is 2.28. The van der Waals surface area contributed by atoms with Crippen LogP contribution >= 0.6 is 23.2 Å². The molecule has 1 fully saturated rings. The molecule has 1 saturated carbocycles. The highest BCUT2D eigenvalue weighted by molar-refractivity contribution is 6.42. The minimum Gasteiger partial charge on any atom is -0.478 e. The number of carbonyl (C=O) groups is 3. The highest BCUT2D eigenvalue weighted by atomic mass is 35.5. The van der Waals surface area contributed by atoms with Gasteiger partial charge in [-0.3, -0.25) is 9.69 Å². The van der Waals surface area contributed by atoms with Crippen LogP contribution in [0, 0.1) is 0 Å². The fourth-order valence-electron chi connectivity index (χ4n) is 3.94. The van der Waals surface area contributed by atoms with Crippen molar-refractivity contribution in [2.24, 2.45) is 0 Å². The van der Waals surface area contributed by atoms with Crippen molar-refractivity contribution >= 4 is 41.0 Å². The highest BCUT2D eigenvalue weighted by Gasteiger charge is 2.33. The Morgan fingerprint density at radius 3 is 1.97 bits per heavy atom. The Balaban J connectivity index is 0.000000547. The number of hydrogen-bond donors (Lipinski definition) is 2. The normalized spacial score (nSPS) is 18.2. The second-order valence-electron chi connectivity index (χ2n) is 7.58. The number of rotatable bonds is 8. The minimum absolute atomic E-state index is 0.150. The number of benzene rings is 1. The van der Waals surface area contributed by atoms with Gasteiger partial charge in [-0.2, -0.15) is 0 Å². The Kier molecular flexibility index (Phi) is 12.3. The lowest BCUT2D eigenvalue weighted by atomic mass is 9.88. The maximum Gasteiger partial charge on any atom is 0.328 e. The molecule has 0 aromatic heterocycles. The SMILES string of the molecule is CCN(CC)C1CCCCC1N(C)C(=O)Cc1ccc(Cl)c(Cl)c1.O=C(O)/C=C\C(=O)O. The Bertz CT molecular complexity index is 796. The molecule has 0 heterocycles. The third kappa shape index (κ3) is 9.18. The maximum atomic E-state index is 12.8. The van der Waals surface area contributed by atoms with Gasteiger partial charge in [0.15, 0.2) is 0 Å². The third-order valence-electron chi connectivity index (χ3n) is 5.57. The first-order valence-corrected chi connectivity index (χ1v) is 11.4. The zero-order valence-electron chi connectivity index (χ0n) is 18.8. The van der Waals surface area contributed by atoms with Crippen LogP contribution in [0.25, 0.3) is 0 Å². The Morgan fingerprint density at radius 2 is 1.50 bits per heavy atom. The van der Waals surface area contributed by atoms with E-state index in [2.05, 4.69) is 18.7 Å². The van der Waals surface area contributed by atoms with Gasteiger partial charge in [-0.05, 0) is 43.6 Å². The molecule has 1 aliphatic carbocycles. The van der Waals surface area contributed by atoms with Gasteiger partial charge in [-0.25, -0.2) is 9.59 Å². The zero-order valence-corrected chi connectivity index (χ0v) is 20.3. The number of hydrogen-bond acceptors (Lipinski definition) is 4. The van der Waals surface area contributed by atoms with Crippen LogP contribution < -0.4 is 0 Å². The van der Waals surface area contributed by atoms with E-state index in [1.165, 1.54) is 19.3 Å². The van der Waals surface area contributed by atoms with Crippen LogP contribution in [-0.4, -0.2) is 70.1 Å². The molecule has 178 valence electrons. The molecule has 1 aliphatic rings. The summed E-state index contributed by atoms with van der Waals surface area (Å²) < 4.78 is 0. The van der Waals surface area contributed by atoms with Crippen LogP contribution in [0.1, 0.15) is 45.1 Å². The molecule has 0 spiro atoms. The van der Waals surface area contributed by atoms with E-state index in [1.807, 2.05) is 18.0 Å². The molecule has 2 unspecified atom stereocenters. The average molecular weight is 487 g/mol. The molecule has 0 aliphatic heterocycles. The third-order valence-corrected chi connectivity index (χ3v) is 6.31. The van der Waals surface area contributed by atoms with E-state index in [0.717, 1.165) is 25.1 Å². The molecule has 9 heteroatoms. The number of carbonyl (C=O) groups excluding carboxylic acids is 1. The standard InChI is InChI=1S/C19H28Cl2N2O.C4H4O4/c1-4-23(5-2)18-9-7-6-8-17(18)22(3)19(24)13-14-10-11-15(20)16(21)12-14;5-3(6)1-2-4(7)8/h10-12,17-18H,4-9,13H2,1-3H3;1-2H,(H,5,6)(H,7,8)/b;2-1-. The molecule has 2 rings (SSSR count). The predicted molar refractivity (Wildman–Crippen MR) is 126 cm³/mol. The van der Waals surface area contributed by atoms with Crippen LogP contribution in [0.4, 0.5) is 0 Å². The number of carboxylic acid groups (broad SMARTS) is 2. The van der Waals surface area contributed by atoms with E-state index in [-0.39, 0.29) is 5.91 Å². The molecule has 32 heavy (non-hydrogen) atoms. The van der Waals surface area contributed by atoms with Crippen LogP contribution in [0.2, 0.25) is 10.0 Å². The van der Waals surface area contributed by atoms with Gasteiger partial charge in [0.2, 0.25) is 5.91 Å². The first kappa shape index (κ1) is 27.9. The van der Waals surface area contributed by atoms with Crippen molar-refractivity contribution in [3.05, 3.63) is 46.0 Å². The van der Waals surface area contributed by atoms with Gasteiger partial charge >= 0.3 is 11.9 Å². The van der Waals surface area contributed by atoms with Crippen LogP contribution in [0.15, 0.2) is 30.4 Å². The van der Waals surface area contributed by atoms with Crippen molar-refractivity contribution in [2.75, 3.05) is 20.1 Å². The summed E-state index contributed by atoms with van der Waals surface area (Å²) in [7, 11) is 1.95. The number of aliphatic carboxylic acids is 2. The molecule has 0 bridgehead atoms. The van der Waals surface area contributed by atoms with Gasteiger partial charge in [0.1, 0.15) is 0 Å². The van der Waals surface area contributed by atoms with E-state index < -0.39 is 11.9 Å². The summed E-state index contributed by atoms with van der Waals surface area (Å²) in [6, 6.07) is 6.19. The second kappa shape index (κ2) is 14.1. The Hall–Kier alpha value is -2.09. The first-order valence-electron chi connectivity index (χ1n) is 10.7. The average Bonchev–Trinajstić information content (AvgIpc) is 2.76. The molecule has 7 nitrogen and oxygen atoms in total. The number of halogens is 2. The lowest BCUT2D eigenvalue weighted by Crippen LogP contribution is -2.54. The predicted octanol–water partition coefficient (Wildman–Crippen LogP) is 4.36. The number of carboxylic acids is 2. The molecule has 0 saturated heterocycles. The lowest BCUT2D eigenvalue weighted by Gasteiger charge is -2.43. The summed E-state index contributed by atoms with van der Waals surface area (Å²) in [4.78, 5) is 36.3. The van der Waals surface area contributed by atoms with Gasteiger partial charge in [0, 0.05) is 31.3 Å². The molecular formula is C23H32Cl2N2O5. The number of amides is 1. The van der Waals surface area contributed by atoms with E-state index in [0.29, 0.717) is 40.7 Å². The summed E-state index contributed by atoms with van der Waals surface area (Å²) in [5.74, 6) is -2.36. The maximum absolute atomic E-state index is 12.8. The van der Waals surface area contributed by atoms with Gasteiger partial charge in [0.05, 0.1) is 16.5 Å². The van der Waals surface area contributed by atoms with Crippen molar-refractivity contribution in [3.8, 4) is 0 Å². The molecule has 1 aromatic carbocycles. The van der Waals surface area contributed by atoms with E-state index in [4.69, 9.17) is 33.4 Å². The van der Waals surface area contributed by atoms with Crippen molar-refractivity contribution in [3.63, 3.8) is 0 Å². The summed E-state index contributed by atoms with van der Waals surface area (Å²) in [6.45, 7) is 6.47. The van der Waals surface area contributed by atoms with Crippen LogP contribution in [-0.2, 0) is 20.8 Å². The molecular weight excluding hydrogens is 455 g/mol. The molecule has 1 aromatic rings. The van der Waals surface area contributed by atoms with Crippen LogP contribution in [0.3, 0.4) is 0 Å². The van der Waals surface area contributed by atoms with E-state index in [1.54, 1.807) is 12.1 Å². The van der Waals surface area contributed by atoms with Gasteiger partial charge in [-0.15, -0.1) is 0 Å². The monoisotopic (exact) mass is 486 g/mol. The Morgan fingerprint density at radius 1 is 0.969 bits per heavy atom. The Labute approximate surface area is 199 Å². The van der Waals surface area contributed by atoms with Gasteiger partial charge in [-0.1, -0.05) is 56.0 Å². The summed E-state index contributed by atoms with van der Waals surface area (Å²) in [6.07, 6.45) is 6.21. The van der Waals surface area contributed by atoms with Crippen molar-refractivity contribution < 1.29 is 24.6 Å². The van der Waals surface area contributed by atoms with Gasteiger partial charge in [0.25, 0.3) is 0 Å². The van der Waals surface area contributed by atoms with Crippen molar-refractivity contribution in [1.29, 1.82) is 0 Å². The lowest BCUT2D eigenvalue weighted by molar-refractivity contribution is -0.134. The summed E-state index contributed by atoms with van der Waals surface area (Å²) >= 11 is 12.0. The molecule has 0 radical (unpaired) electrons. The molecule has 1 amide bonds. The largest absolute Gasteiger partial charge is 0.478 e. The summed E-state index contributed by atoms with van der Waals surface area (Å²) in [5, 5.41) is 16.7. The minimum atomic E-state index is -1.26. The number of likely N-dealkylation sites (N-methyl/N-ethyl adjacent to an activating group) is 2. The smallest absolute Gasteiger partial charge is 0.328 e.